The number of nitrogens with zero attached hydrogens (tertiary/aromatic N) is 4. The summed E-state index contributed by atoms with van der Waals surface area (Å²) in [5, 5.41) is 29.7. The van der Waals surface area contributed by atoms with Crippen molar-refractivity contribution < 1.29 is 24.8 Å². The van der Waals surface area contributed by atoms with Crippen LogP contribution >= 0.6 is 0 Å². The van der Waals surface area contributed by atoms with Gasteiger partial charge in [0.15, 0.2) is 23.2 Å². The average Bonchev–Trinajstić information content (AvgIpc) is 3.34. The van der Waals surface area contributed by atoms with Gasteiger partial charge >= 0.3 is 0 Å². The fourth-order valence-electron chi connectivity index (χ4n) is 4.12. The van der Waals surface area contributed by atoms with Crippen LogP contribution in [0.5, 0.6) is 0 Å². The van der Waals surface area contributed by atoms with Gasteiger partial charge in [0, 0.05) is 0 Å². The standard InChI is InChI=1S/C20H24N6O5/c1-10-14(12-5-3-2-4-11(12)7-30-10)24-25-18-15-19(22-8-21-18)26(9-23-15)20-17(29)16(28)13(6-27)31-20/h2-5,8-10,13-14,16-17,20,24,27-29H,6-7H2,1H3,(H,21,22,25)/t10?,13-,14?,16?,17?,20-/m1/s1. The van der Waals surface area contributed by atoms with Gasteiger partial charge in [-0.1, -0.05) is 24.3 Å². The molecule has 0 aliphatic carbocycles. The quantitative estimate of drug-likeness (QED) is 0.352. The van der Waals surface area contributed by atoms with Crippen molar-refractivity contribution >= 4 is 17.0 Å². The van der Waals surface area contributed by atoms with Gasteiger partial charge in [-0.2, -0.15) is 0 Å². The van der Waals surface area contributed by atoms with Crippen LogP contribution in [0.2, 0.25) is 0 Å². The van der Waals surface area contributed by atoms with Crippen molar-refractivity contribution in [3.8, 4) is 0 Å². The molecule has 11 nitrogen and oxygen atoms in total. The third-order valence-electron chi connectivity index (χ3n) is 5.86. The average molecular weight is 428 g/mol. The molecular weight excluding hydrogens is 404 g/mol. The van der Waals surface area contributed by atoms with Gasteiger partial charge in [-0.25, -0.2) is 20.4 Å². The summed E-state index contributed by atoms with van der Waals surface area (Å²) in [5.41, 5.74) is 9.56. The molecule has 4 heterocycles. The van der Waals surface area contributed by atoms with Crippen molar-refractivity contribution in [2.45, 2.75) is 50.2 Å². The zero-order valence-electron chi connectivity index (χ0n) is 16.8. The van der Waals surface area contributed by atoms with E-state index < -0.39 is 31.1 Å². The molecule has 0 bridgehead atoms. The molecule has 2 aliphatic heterocycles. The van der Waals surface area contributed by atoms with Crippen LogP contribution in [-0.4, -0.2) is 65.9 Å². The Labute approximate surface area is 177 Å². The molecule has 5 rings (SSSR count). The van der Waals surface area contributed by atoms with Gasteiger partial charge in [0.05, 0.1) is 31.7 Å². The lowest BCUT2D eigenvalue weighted by atomic mass is 9.95. The first-order valence-electron chi connectivity index (χ1n) is 10.1. The largest absolute Gasteiger partial charge is 0.394 e. The highest BCUT2D eigenvalue weighted by molar-refractivity contribution is 5.82. The van der Waals surface area contributed by atoms with Crippen molar-refractivity contribution in [3.63, 3.8) is 0 Å². The number of hydrazine groups is 1. The Morgan fingerprint density at radius 2 is 2.00 bits per heavy atom. The fourth-order valence-corrected chi connectivity index (χ4v) is 4.12. The minimum atomic E-state index is -1.23. The van der Waals surface area contributed by atoms with E-state index in [2.05, 4.69) is 31.9 Å². The second kappa shape index (κ2) is 8.11. The number of aromatic nitrogens is 4. The van der Waals surface area contributed by atoms with E-state index in [9.17, 15) is 15.3 Å². The Kier molecular flexibility index (Phi) is 5.30. The van der Waals surface area contributed by atoms with E-state index >= 15 is 0 Å². The molecule has 0 spiro atoms. The van der Waals surface area contributed by atoms with E-state index in [4.69, 9.17) is 9.47 Å². The second-order valence-corrected chi connectivity index (χ2v) is 7.74. The minimum absolute atomic E-state index is 0.0591. The molecule has 1 saturated heterocycles. The van der Waals surface area contributed by atoms with E-state index in [1.54, 1.807) is 0 Å². The minimum Gasteiger partial charge on any atom is -0.394 e. The first-order valence-corrected chi connectivity index (χ1v) is 10.1. The number of aliphatic hydroxyl groups is 3. The van der Waals surface area contributed by atoms with Crippen molar-refractivity contribution in [2.75, 3.05) is 12.0 Å². The van der Waals surface area contributed by atoms with Crippen LogP contribution in [0.25, 0.3) is 11.2 Å². The summed E-state index contributed by atoms with van der Waals surface area (Å²) in [5.74, 6) is 0.450. The van der Waals surface area contributed by atoms with E-state index in [1.165, 1.54) is 17.2 Å². The number of aliphatic hydroxyl groups excluding tert-OH is 3. The molecule has 0 amide bonds. The molecule has 11 heteroatoms. The summed E-state index contributed by atoms with van der Waals surface area (Å²) in [4.78, 5) is 12.9. The van der Waals surface area contributed by atoms with Crippen molar-refractivity contribution in [2.24, 2.45) is 0 Å². The zero-order valence-corrected chi connectivity index (χ0v) is 16.8. The highest BCUT2D eigenvalue weighted by Crippen LogP contribution is 2.33. The molecule has 1 aromatic carbocycles. The van der Waals surface area contributed by atoms with E-state index in [1.807, 2.05) is 25.1 Å². The van der Waals surface area contributed by atoms with Crippen molar-refractivity contribution in [1.29, 1.82) is 0 Å². The number of ether oxygens (including phenoxy) is 2. The highest BCUT2D eigenvalue weighted by Gasteiger charge is 2.44. The molecule has 164 valence electrons. The van der Waals surface area contributed by atoms with Gasteiger partial charge < -0.3 is 30.2 Å². The normalized spacial score (nSPS) is 30.5. The van der Waals surface area contributed by atoms with Crippen LogP contribution in [0.1, 0.15) is 30.3 Å². The Hall–Kier alpha value is -2.67. The summed E-state index contributed by atoms with van der Waals surface area (Å²) in [6, 6.07) is 8.00. The lowest BCUT2D eigenvalue weighted by Gasteiger charge is -2.32. The molecular formula is C20H24N6O5. The Morgan fingerprint density at radius 1 is 1.16 bits per heavy atom. The van der Waals surface area contributed by atoms with Crippen molar-refractivity contribution in [3.05, 3.63) is 48.0 Å². The Bertz CT molecular complexity index is 1080. The SMILES string of the molecule is CC1OCc2ccccc2C1NNc1ncnc2c1ncn2[C@@H]1O[C@H](CO)C(O)C1O. The Morgan fingerprint density at radius 3 is 2.81 bits per heavy atom. The maximum absolute atomic E-state index is 10.3. The smallest absolute Gasteiger partial charge is 0.171 e. The van der Waals surface area contributed by atoms with E-state index in [0.29, 0.717) is 23.6 Å². The third kappa shape index (κ3) is 3.45. The molecule has 2 aliphatic rings. The highest BCUT2D eigenvalue weighted by atomic mass is 16.6. The summed E-state index contributed by atoms with van der Waals surface area (Å²) >= 11 is 0. The maximum atomic E-state index is 10.3. The number of hydrogen-bond acceptors (Lipinski definition) is 10. The molecule has 0 radical (unpaired) electrons. The monoisotopic (exact) mass is 428 g/mol. The Balaban J connectivity index is 1.40. The van der Waals surface area contributed by atoms with Gasteiger partial charge in [0.25, 0.3) is 0 Å². The van der Waals surface area contributed by atoms with E-state index in [0.717, 1.165) is 11.1 Å². The maximum Gasteiger partial charge on any atom is 0.171 e. The molecule has 4 unspecified atom stereocenters. The summed E-state index contributed by atoms with van der Waals surface area (Å²) in [6.45, 7) is 2.17. The zero-order chi connectivity index (χ0) is 21.5. The molecule has 2 aromatic heterocycles. The molecule has 1 fully saturated rings. The predicted octanol–water partition coefficient (Wildman–Crippen LogP) is 0.0143. The summed E-state index contributed by atoms with van der Waals surface area (Å²) in [7, 11) is 0. The first-order chi connectivity index (χ1) is 15.1. The molecule has 5 N–H and O–H groups in total. The van der Waals surface area contributed by atoms with Crippen LogP contribution in [0.4, 0.5) is 5.82 Å². The summed E-state index contributed by atoms with van der Waals surface area (Å²) < 4.78 is 13.0. The lowest BCUT2D eigenvalue weighted by Crippen LogP contribution is -2.39. The topological polar surface area (TPSA) is 147 Å². The predicted molar refractivity (Wildman–Crippen MR) is 109 cm³/mol. The number of hydrogen-bond donors (Lipinski definition) is 5. The van der Waals surface area contributed by atoms with Crippen molar-refractivity contribution in [1.82, 2.24) is 24.9 Å². The number of anilines is 1. The lowest BCUT2D eigenvalue weighted by molar-refractivity contribution is -0.0511. The van der Waals surface area contributed by atoms with Gasteiger partial charge in [-0.05, 0) is 18.1 Å². The first kappa shape index (κ1) is 20.2. The molecule has 6 atom stereocenters. The van der Waals surface area contributed by atoms with Crippen LogP contribution in [0.3, 0.4) is 0 Å². The van der Waals surface area contributed by atoms with E-state index in [-0.39, 0.29) is 12.1 Å². The number of benzene rings is 1. The van der Waals surface area contributed by atoms with Crippen LogP contribution in [0, 0.1) is 0 Å². The van der Waals surface area contributed by atoms with Gasteiger partial charge in [-0.15, -0.1) is 0 Å². The number of nitrogens with one attached hydrogen (secondary N) is 2. The van der Waals surface area contributed by atoms with Gasteiger partial charge in [0.2, 0.25) is 0 Å². The van der Waals surface area contributed by atoms with Crippen LogP contribution < -0.4 is 10.9 Å². The van der Waals surface area contributed by atoms with Gasteiger partial charge in [-0.3, -0.25) is 4.57 Å². The van der Waals surface area contributed by atoms with Crippen LogP contribution in [0.15, 0.2) is 36.9 Å². The van der Waals surface area contributed by atoms with Crippen LogP contribution in [-0.2, 0) is 16.1 Å². The molecule has 31 heavy (non-hydrogen) atoms. The van der Waals surface area contributed by atoms with Gasteiger partial charge in [0.1, 0.15) is 24.6 Å². The third-order valence-corrected chi connectivity index (χ3v) is 5.86. The fraction of sp³-hybridized carbons (Fsp3) is 0.450. The second-order valence-electron chi connectivity index (χ2n) is 7.74. The number of fused-ring (bicyclic) bond motifs is 2. The summed E-state index contributed by atoms with van der Waals surface area (Å²) in [6.07, 6.45) is -1.46. The number of imidazole rings is 1. The number of rotatable bonds is 5. The molecule has 3 aromatic rings. The molecule has 0 saturated carbocycles.